The molecule has 1 atom stereocenters. The van der Waals surface area contributed by atoms with Gasteiger partial charge in [0, 0.05) is 22.8 Å². The predicted molar refractivity (Wildman–Crippen MR) is 101 cm³/mol. The highest BCUT2D eigenvalue weighted by atomic mass is 16.5. The molecule has 136 valence electrons. The number of hydrogen-bond acceptors (Lipinski definition) is 6. The molecule has 0 saturated heterocycles. The van der Waals surface area contributed by atoms with Crippen LogP contribution in [0.3, 0.4) is 0 Å². The molecule has 4 rings (SSSR count). The van der Waals surface area contributed by atoms with E-state index in [0.717, 1.165) is 11.1 Å². The molecule has 0 bridgehead atoms. The first-order chi connectivity index (χ1) is 13.0. The van der Waals surface area contributed by atoms with Crippen LogP contribution in [0.4, 0.5) is 0 Å². The van der Waals surface area contributed by atoms with Crippen molar-refractivity contribution < 1.29 is 23.8 Å². The lowest BCUT2D eigenvalue weighted by Crippen LogP contribution is -2.03. The van der Waals surface area contributed by atoms with E-state index in [1.165, 1.54) is 19.4 Å². The van der Waals surface area contributed by atoms with Crippen molar-refractivity contribution in [1.82, 2.24) is 0 Å². The second kappa shape index (κ2) is 6.25. The van der Waals surface area contributed by atoms with Gasteiger partial charge in [-0.3, -0.25) is 0 Å². The van der Waals surface area contributed by atoms with Gasteiger partial charge >= 0.3 is 5.63 Å². The van der Waals surface area contributed by atoms with Gasteiger partial charge in [0.15, 0.2) is 22.7 Å². The van der Waals surface area contributed by atoms with Gasteiger partial charge in [-0.05, 0) is 35.4 Å². The van der Waals surface area contributed by atoms with Crippen LogP contribution >= 0.6 is 0 Å². The molecule has 6 nitrogen and oxygen atoms in total. The van der Waals surface area contributed by atoms with Crippen molar-refractivity contribution in [2.45, 2.75) is 5.92 Å². The Bertz CT molecular complexity index is 1230. The summed E-state index contributed by atoms with van der Waals surface area (Å²) in [5.74, 6) is -0.204. The van der Waals surface area contributed by atoms with Gasteiger partial charge in [-0.25, -0.2) is 4.79 Å². The van der Waals surface area contributed by atoms with Crippen LogP contribution in [-0.4, -0.2) is 17.3 Å². The molecule has 6 heteroatoms. The molecule has 0 radical (unpaired) electrons. The molecule has 2 aromatic heterocycles. The second-order valence-corrected chi connectivity index (χ2v) is 6.07. The molecular weight excluding hydrogens is 348 g/mol. The first-order valence-electron chi connectivity index (χ1n) is 8.20. The number of phenols is 2. The number of ether oxygens (including phenoxy) is 1. The van der Waals surface area contributed by atoms with Gasteiger partial charge in [0.1, 0.15) is 0 Å². The Kier molecular flexibility index (Phi) is 3.88. The van der Waals surface area contributed by atoms with Crippen LogP contribution in [0, 0.1) is 0 Å². The fourth-order valence-corrected chi connectivity index (χ4v) is 3.40. The third-order valence-electron chi connectivity index (χ3n) is 4.62. The lowest BCUT2D eigenvalue weighted by atomic mass is 9.86. The Balaban J connectivity index is 2.09. The van der Waals surface area contributed by atoms with E-state index >= 15 is 0 Å². The molecule has 0 fully saturated rings. The number of hydrogen-bond donors (Lipinski definition) is 2. The molecule has 0 saturated carbocycles. The molecule has 0 aliphatic heterocycles. The third-order valence-corrected chi connectivity index (χ3v) is 4.62. The Morgan fingerprint density at radius 1 is 1.11 bits per heavy atom. The normalized spacial score (nSPS) is 12.3. The number of benzene rings is 2. The summed E-state index contributed by atoms with van der Waals surface area (Å²) < 4.78 is 15.9. The van der Waals surface area contributed by atoms with E-state index in [4.69, 9.17) is 13.6 Å². The van der Waals surface area contributed by atoms with Gasteiger partial charge in [0.05, 0.1) is 13.4 Å². The van der Waals surface area contributed by atoms with E-state index in [2.05, 4.69) is 6.58 Å². The summed E-state index contributed by atoms with van der Waals surface area (Å²) in [6.07, 6.45) is 3.19. The lowest BCUT2D eigenvalue weighted by molar-refractivity contribution is 0.373. The topological polar surface area (TPSA) is 93.0 Å². The van der Waals surface area contributed by atoms with Gasteiger partial charge in [-0.2, -0.15) is 0 Å². The molecule has 0 unspecified atom stereocenters. The number of aromatic hydroxyl groups is 2. The highest BCUT2D eigenvalue weighted by Crippen LogP contribution is 2.43. The zero-order chi connectivity index (χ0) is 19.1. The zero-order valence-corrected chi connectivity index (χ0v) is 14.4. The minimum absolute atomic E-state index is 0.0269. The smallest absolute Gasteiger partial charge is 0.336 e. The number of allylic oxidation sites excluding steroid dienone is 1. The SMILES string of the molecule is C=C[C@H](c1ccc(O)c(OC)c1)c1c2ccoc2c(O)c2oc(=O)ccc12. The summed E-state index contributed by atoms with van der Waals surface area (Å²) in [6.45, 7) is 3.94. The predicted octanol–water partition coefficient (Wildman–Crippen LogP) is 4.28. The summed E-state index contributed by atoms with van der Waals surface area (Å²) in [5, 5.41) is 21.6. The average molecular weight is 364 g/mol. The molecule has 0 aliphatic rings. The minimum Gasteiger partial charge on any atom is -0.504 e. The Labute approximate surface area is 153 Å². The van der Waals surface area contributed by atoms with E-state index in [9.17, 15) is 15.0 Å². The van der Waals surface area contributed by atoms with Crippen molar-refractivity contribution in [3.63, 3.8) is 0 Å². The van der Waals surface area contributed by atoms with Gasteiger partial charge in [-0.15, -0.1) is 6.58 Å². The maximum atomic E-state index is 11.7. The molecule has 2 aromatic carbocycles. The van der Waals surface area contributed by atoms with E-state index in [1.54, 1.807) is 36.4 Å². The Morgan fingerprint density at radius 3 is 2.63 bits per heavy atom. The molecule has 2 heterocycles. The van der Waals surface area contributed by atoms with Crippen LogP contribution in [0.15, 0.2) is 68.9 Å². The van der Waals surface area contributed by atoms with Crippen molar-refractivity contribution in [2.24, 2.45) is 0 Å². The number of phenolic OH excluding ortho intramolecular Hbond substituents is 2. The maximum Gasteiger partial charge on any atom is 0.336 e. The van der Waals surface area contributed by atoms with Crippen LogP contribution in [0.2, 0.25) is 0 Å². The highest BCUT2D eigenvalue weighted by molar-refractivity contribution is 6.04. The van der Waals surface area contributed by atoms with Crippen LogP contribution < -0.4 is 10.4 Å². The number of fused-ring (bicyclic) bond motifs is 2. The van der Waals surface area contributed by atoms with Crippen LogP contribution in [-0.2, 0) is 0 Å². The second-order valence-electron chi connectivity index (χ2n) is 6.07. The molecule has 0 spiro atoms. The van der Waals surface area contributed by atoms with Crippen molar-refractivity contribution in [3.05, 3.63) is 76.9 Å². The fourth-order valence-electron chi connectivity index (χ4n) is 3.40. The van der Waals surface area contributed by atoms with E-state index in [-0.39, 0.29) is 28.6 Å². The quantitative estimate of drug-likeness (QED) is 0.415. The van der Waals surface area contributed by atoms with Gasteiger partial charge in [0.2, 0.25) is 5.75 Å². The molecule has 0 aliphatic carbocycles. The van der Waals surface area contributed by atoms with Crippen LogP contribution in [0.5, 0.6) is 17.2 Å². The van der Waals surface area contributed by atoms with Crippen molar-refractivity contribution in [3.8, 4) is 17.2 Å². The number of furan rings is 1. The summed E-state index contributed by atoms with van der Waals surface area (Å²) in [4.78, 5) is 11.7. The summed E-state index contributed by atoms with van der Waals surface area (Å²) in [6, 6.07) is 9.66. The monoisotopic (exact) mass is 364 g/mol. The summed E-state index contributed by atoms with van der Waals surface area (Å²) >= 11 is 0. The Morgan fingerprint density at radius 2 is 1.89 bits per heavy atom. The van der Waals surface area contributed by atoms with Crippen LogP contribution in [0.1, 0.15) is 17.0 Å². The molecular formula is C21H16O6. The Hall–Kier alpha value is -3.67. The van der Waals surface area contributed by atoms with E-state index < -0.39 is 5.63 Å². The van der Waals surface area contributed by atoms with E-state index in [0.29, 0.717) is 16.5 Å². The first kappa shape index (κ1) is 16.8. The van der Waals surface area contributed by atoms with Crippen molar-refractivity contribution >= 4 is 21.9 Å². The fraction of sp³-hybridized carbons (Fsp3) is 0.0952. The number of methoxy groups -OCH3 is 1. The molecule has 4 aromatic rings. The van der Waals surface area contributed by atoms with Crippen molar-refractivity contribution in [2.75, 3.05) is 7.11 Å². The average Bonchev–Trinajstić information content (AvgIpc) is 3.16. The molecule has 27 heavy (non-hydrogen) atoms. The lowest BCUT2D eigenvalue weighted by Gasteiger charge is -2.18. The van der Waals surface area contributed by atoms with Gasteiger partial charge < -0.3 is 23.8 Å². The molecule has 0 amide bonds. The largest absolute Gasteiger partial charge is 0.504 e. The van der Waals surface area contributed by atoms with E-state index in [1.807, 2.05) is 0 Å². The molecule has 2 N–H and O–H groups in total. The highest BCUT2D eigenvalue weighted by Gasteiger charge is 2.24. The number of rotatable bonds is 4. The third kappa shape index (κ3) is 2.54. The first-order valence-corrected chi connectivity index (χ1v) is 8.20. The standard InChI is InChI=1S/C21H16O6/c1-3-12(11-4-6-15(22)16(10-11)25-2)18-13-5-7-17(23)27-21(13)19(24)20-14(18)8-9-26-20/h3-10,12,22,24H,1H2,2H3/t12-/m1/s1. The van der Waals surface area contributed by atoms with Gasteiger partial charge in [0.25, 0.3) is 0 Å². The summed E-state index contributed by atoms with van der Waals surface area (Å²) in [5.41, 5.74) is 1.27. The van der Waals surface area contributed by atoms with Crippen LogP contribution in [0.25, 0.3) is 21.9 Å². The summed E-state index contributed by atoms with van der Waals surface area (Å²) in [7, 11) is 1.47. The minimum atomic E-state index is -0.573. The maximum absolute atomic E-state index is 11.7. The van der Waals surface area contributed by atoms with Crippen molar-refractivity contribution in [1.29, 1.82) is 0 Å². The van der Waals surface area contributed by atoms with Gasteiger partial charge in [-0.1, -0.05) is 12.1 Å². The zero-order valence-electron chi connectivity index (χ0n) is 14.4.